The van der Waals surface area contributed by atoms with Gasteiger partial charge >= 0.3 is 0 Å². The van der Waals surface area contributed by atoms with Crippen molar-refractivity contribution < 1.29 is 19.7 Å². The van der Waals surface area contributed by atoms with Gasteiger partial charge in [0.15, 0.2) is 23.0 Å². The summed E-state index contributed by atoms with van der Waals surface area (Å²) in [4.78, 5) is 0. The number of methoxy groups -OCH3 is 2. The molecule has 2 N–H and O–H groups in total. The quantitative estimate of drug-likeness (QED) is 0.851. The van der Waals surface area contributed by atoms with E-state index in [0.717, 1.165) is 30.4 Å². The minimum atomic E-state index is 0.0904. The molecule has 0 radical (unpaired) electrons. The number of benzene rings is 2. The van der Waals surface area contributed by atoms with Crippen LogP contribution in [0, 0.1) is 5.41 Å². The van der Waals surface area contributed by atoms with Crippen LogP contribution < -0.4 is 9.47 Å². The third-order valence-electron chi connectivity index (χ3n) is 6.06. The van der Waals surface area contributed by atoms with E-state index in [4.69, 9.17) is 9.47 Å². The van der Waals surface area contributed by atoms with Gasteiger partial charge in [-0.3, -0.25) is 0 Å². The number of hydrogen-bond acceptors (Lipinski definition) is 4. The van der Waals surface area contributed by atoms with Crippen molar-refractivity contribution >= 4 is 0 Å². The fourth-order valence-electron chi connectivity index (χ4n) is 4.58. The molecule has 0 saturated heterocycles. The largest absolute Gasteiger partial charge is 0.504 e. The Balaban J connectivity index is 2.11. The van der Waals surface area contributed by atoms with Gasteiger partial charge in [0.2, 0.25) is 0 Å². The van der Waals surface area contributed by atoms with E-state index in [1.54, 1.807) is 13.2 Å². The van der Waals surface area contributed by atoms with Crippen molar-refractivity contribution in [2.75, 3.05) is 14.2 Å². The van der Waals surface area contributed by atoms with Crippen LogP contribution in [0.5, 0.6) is 23.0 Å². The average molecular weight is 340 g/mol. The Morgan fingerprint density at radius 3 is 2.32 bits per heavy atom. The number of phenolic OH excluding ortho intramolecular Hbond substituents is 2. The molecule has 2 aliphatic rings. The summed E-state index contributed by atoms with van der Waals surface area (Å²) in [7, 11) is 3.10. The number of aromatic hydroxyl groups is 2. The van der Waals surface area contributed by atoms with Crippen LogP contribution >= 0.6 is 0 Å². The Kier molecular flexibility index (Phi) is 3.43. The van der Waals surface area contributed by atoms with E-state index in [0.29, 0.717) is 28.5 Å². The van der Waals surface area contributed by atoms with Gasteiger partial charge < -0.3 is 19.7 Å². The number of ether oxygens (including phenoxy) is 2. The molecule has 0 aromatic heterocycles. The van der Waals surface area contributed by atoms with E-state index in [1.165, 1.54) is 12.7 Å². The first-order valence-electron chi connectivity index (χ1n) is 8.71. The van der Waals surface area contributed by atoms with Crippen LogP contribution in [-0.2, 0) is 12.8 Å². The van der Waals surface area contributed by atoms with Crippen molar-refractivity contribution in [3.8, 4) is 34.1 Å². The van der Waals surface area contributed by atoms with Crippen LogP contribution in [-0.4, -0.2) is 24.4 Å². The molecule has 0 spiro atoms. The smallest absolute Gasteiger partial charge is 0.166 e. The normalized spacial score (nSPS) is 19.8. The first-order valence-corrected chi connectivity index (χ1v) is 8.71. The zero-order chi connectivity index (χ0) is 17.9. The zero-order valence-electron chi connectivity index (χ0n) is 15.1. The van der Waals surface area contributed by atoms with Crippen LogP contribution in [0.15, 0.2) is 18.2 Å². The molecule has 1 atom stereocenters. The third-order valence-corrected chi connectivity index (χ3v) is 6.06. The lowest BCUT2D eigenvalue weighted by atomic mass is 9.60. The van der Waals surface area contributed by atoms with Gasteiger partial charge in [0.1, 0.15) is 0 Å². The molecule has 4 rings (SSSR count). The molecule has 2 aromatic rings. The first kappa shape index (κ1) is 16.1. The molecular formula is C21H24O4. The maximum absolute atomic E-state index is 10.9. The predicted octanol–water partition coefficient (Wildman–Crippen LogP) is 4.39. The van der Waals surface area contributed by atoms with Crippen molar-refractivity contribution in [1.82, 2.24) is 0 Å². The SMILES string of the molecule is COc1ccc2c(c1O)-c1c(O)c(OC)cc3c1C(C2)C(C)(C)CC3. The van der Waals surface area contributed by atoms with E-state index >= 15 is 0 Å². The summed E-state index contributed by atoms with van der Waals surface area (Å²) in [5.74, 6) is 1.38. The van der Waals surface area contributed by atoms with E-state index in [-0.39, 0.29) is 16.9 Å². The molecule has 25 heavy (non-hydrogen) atoms. The predicted molar refractivity (Wildman–Crippen MR) is 96.9 cm³/mol. The maximum Gasteiger partial charge on any atom is 0.166 e. The van der Waals surface area contributed by atoms with Crippen molar-refractivity contribution in [3.63, 3.8) is 0 Å². The Labute approximate surface area is 148 Å². The Morgan fingerprint density at radius 1 is 0.960 bits per heavy atom. The second-order valence-corrected chi connectivity index (χ2v) is 7.77. The maximum atomic E-state index is 10.9. The van der Waals surface area contributed by atoms with Gasteiger partial charge in [0.25, 0.3) is 0 Å². The molecule has 2 aromatic carbocycles. The summed E-state index contributed by atoms with van der Waals surface area (Å²) in [5.41, 5.74) is 4.94. The molecule has 0 heterocycles. The summed E-state index contributed by atoms with van der Waals surface area (Å²) in [6.45, 7) is 4.58. The molecule has 0 amide bonds. The number of phenols is 2. The van der Waals surface area contributed by atoms with Gasteiger partial charge in [-0.25, -0.2) is 0 Å². The lowest BCUT2D eigenvalue weighted by Crippen LogP contribution is -2.32. The average Bonchev–Trinajstić information content (AvgIpc) is 2.59. The van der Waals surface area contributed by atoms with Gasteiger partial charge in [-0.05, 0) is 59.4 Å². The molecule has 0 bridgehead atoms. The van der Waals surface area contributed by atoms with Crippen LogP contribution in [0.4, 0.5) is 0 Å². The van der Waals surface area contributed by atoms with Gasteiger partial charge in [0, 0.05) is 11.1 Å². The fourth-order valence-corrected chi connectivity index (χ4v) is 4.58. The number of hydrogen-bond donors (Lipinski definition) is 2. The van der Waals surface area contributed by atoms with Gasteiger partial charge in [-0.1, -0.05) is 19.9 Å². The molecule has 0 saturated carbocycles. The highest BCUT2D eigenvalue weighted by Gasteiger charge is 2.43. The summed E-state index contributed by atoms with van der Waals surface area (Å²) in [6, 6.07) is 5.76. The molecular weight excluding hydrogens is 316 g/mol. The topological polar surface area (TPSA) is 58.9 Å². The Bertz CT molecular complexity index is 867. The Morgan fingerprint density at radius 2 is 1.64 bits per heavy atom. The van der Waals surface area contributed by atoms with Crippen molar-refractivity contribution in [1.29, 1.82) is 0 Å². The minimum Gasteiger partial charge on any atom is -0.504 e. The Hall–Kier alpha value is -2.36. The van der Waals surface area contributed by atoms with Crippen LogP contribution in [0.3, 0.4) is 0 Å². The monoisotopic (exact) mass is 340 g/mol. The molecule has 0 aliphatic heterocycles. The summed E-state index contributed by atoms with van der Waals surface area (Å²) in [6.07, 6.45) is 2.89. The second-order valence-electron chi connectivity index (χ2n) is 7.77. The van der Waals surface area contributed by atoms with Crippen LogP contribution in [0.1, 0.15) is 42.9 Å². The minimum absolute atomic E-state index is 0.0904. The molecule has 2 aliphatic carbocycles. The summed E-state index contributed by atoms with van der Waals surface area (Å²) >= 11 is 0. The summed E-state index contributed by atoms with van der Waals surface area (Å²) < 4.78 is 10.7. The van der Waals surface area contributed by atoms with Crippen molar-refractivity contribution in [2.45, 2.75) is 39.0 Å². The highest BCUT2D eigenvalue weighted by Crippen LogP contribution is 2.60. The highest BCUT2D eigenvalue weighted by molar-refractivity contribution is 5.88. The molecule has 4 heteroatoms. The van der Waals surface area contributed by atoms with Gasteiger partial charge in [-0.15, -0.1) is 0 Å². The number of rotatable bonds is 2. The van der Waals surface area contributed by atoms with E-state index in [9.17, 15) is 10.2 Å². The van der Waals surface area contributed by atoms with Crippen molar-refractivity contribution in [2.24, 2.45) is 5.41 Å². The van der Waals surface area contributed by atoms with E-state index < -0.39 is 0 Å². The van der Waals surface area contributed by atoms with Crippen LogP contribution in [0.25, 0.3) is 11.1 Å². The molecule has 1 unspecified atom stereocenters. The first-order chi connectivity index (χ1) is 11.9. The van der Waals surface area contributed by atoms with Gasteiger partial charge in [-0.2, -0.15) is 0 Å². The molecule has 4 nitrogen and oxygen atoms in total. The summed E-state index contributed by atoms with van der Waals surface area (Å²) in [5, 5.41) is 21.7. The lowest BCUT2D eigenvalue weighted by Gasteiger charge is -2.44. The van der Waals surface area contributed by atoms with E-state index in [1.807, 2.05) is 12.1 Å². The highest BCUT2D eigenvalue weighted by atomic mass is 16.5. The molecule has 132 valence electrons. The third kappa shape index (κ3) is 2.13. The van der Waals surface area contributed by atoms with E-state index in [2.05, 4.69) is 13.8 Å². The zero-order valence-corrected chi connectivity index (χ0v) is 15.1. The van der Waals surface area contributed by atoms with Crippen LogP contribution in [0.2, 0.25) is 0 Å². The lowest BCUT2D eigenvalue weighted by molar-refractivity contribution is 0.239. The van der Waals surface area contributed by atoms with Gasteiger partial charge in [0.05, 0.1) is 14.2 Å². The number of fused-ring (bicyclic) bond motifs is 2. The van der Waals surface area contributed by atoms with Crippen molar-refractivity contribution in [3.05, 3.63) is 34.9 Å². The second kappa shape index (κ2) is 5.32. The fraction of sp³-hybridized carbons (Fsp3) is 0.429. The standard InChI is InChI=1S/C21H24O4/c1-21(2)8-7-12-10-15(25-4)20(23)18-16(12)13(21)9-11-5-6-14(24-3)19(22)17(11)18/h5-6,10,13,22-23H,7-9H2,1-4H3. The number of aryl methyl sites for hydroxylation is 1. The molecule has 0 fully saturated rings.